The predicted molar refractivity (Wildman–Crippen MR) is 104 cm³/mol. The smallest absolute Gasteiger partial charge is 0.227 e. The van der Waals surface area contributed by atoms with Crippen molar-refractivity contribution in [2.45, 2.75) is 0 Å². The van der Waals surface area contributed by atoms with Gasteiger partial charge in [0.1, 0.15) is 0 Å². The minimum absolute atomic E-state index is 0.240. The Balaban J connectivity index is 2.03. The Bertz CT molecular complexity index is 1090. The Morgan fingerprint density at radius 1 is 0.852 bits per heavy atom. The number of Topliss-reactive ketones (excluding diaryl/α,β-unsaturated/α-hetero) is 1. The molecule has 0 heterocycles. The van der Waals surface area contributed by atoms with Crippen LogP contribution in [0, 0.1) is 0 Å². The lowest BCUT2D eigenvalue weighted by atomic mass is 9.87. The number of ketones is 1. The van der Waals surface area contributed by atoms with Gasteiger partial charge in [0.05, 0.1) is 21.3 Å². The molecule has 0 bridgehead atoms. The maximum Gasteiger partial charge on any atom is 0.227 e. The summed E-state index contributed by atoms with van der Waals surface area (Å²) in [4.78, 5) is 12.4. The Hall–Kier alpha value is -3.47. The molecule has 5 nitrogen and oxygen atoms in total. The first kappa shape index (κ1) is 17.0. The van der Waals surface area contributed by atoms with Gasteiger partial charge in [0.25, 0.3) is 0 Å². The lowest BCUT2D eigenvalue weighted by Gasteiger charge is -2.18. The van der Waals surface area contributed by atoms with Crippen LogP contribution in [0.5, 0.6) is 17.2 Å². The molecule has 0 radical (unpaired) electrons. The molecule has 3 aromatic rings. The van der Waals surface area contributed by atoms with Gasteiger partial charge in [0.15, 0.2) is 17.3 Å². The molecular weight excluding hydrogens is 344 g/mol. The summed E-state index contributed by atoms with van der Waals surface area (Å²) in [6.07, 6.45) is 1.51. The molecule has 0 amide bonds. The van der Waals surface area contributed by atoms with Crippen molar-refractivity contribution in [2.75, 3.05) is 21.3 Å². The van der Waals surface area contributed by atoms with Crippen LogP contribution in [0.4, 0.5) is 0 Å². The van der Waals surface area contributed by atoms with Gasteiger partial charge in [-0.3, -0.25) is 4.79 Å². The fraction of sp³-hybridized carbons (Fsp3) is 0.136. The van der Waals surface area contributed by atoms with E-state index in [1.807, 2.05) is 36.4 Å². The molecular formula is C22H18O5. The average molecular weight is 362 g/mol. The second-order valence-corrected chi connectivity index (χ2v) is 6.20. The third-order valence-corrected chi connectivity index (χ3v) is 4.82. The fourth-order valence-electron chi connectivity index (χ4n) is 3.58. The van der Waals surface area contributed by atoms with Crippen molar-refractivity contribution in [1.29, 1.82) is 0 Å². The van der Waals surface area contributed by atoms with Gasteiger partial charge >= 0.3 is 0 Å². The fourth-order valence-corrected chi connectivity index (χ4v) is 3.58. The lowest BCUT2D eigenvalue weighted by molar-refractivity contribution is 0.0981. The Kier molecular flexibility index (Phi) is 4.00. The molecule has 0 unspecified atom stereocenters. The SMILES string of the molecule is COc1cc(-c2ccc3c4c(cccc24)C(=O)C(O)=C3)cc(OC)c1OC. The molecule has 0 fully saturated rings. The first-order valence-corrected chi connectivity index (χ1v) is 8.40. The van der Waals surface area contributed by atoms with Crippen LogP contribution in [0.25, 0.3) is 28.0 Å². The molecule has 27 heavy (non-hydrogen) atoms. The number of aliphatic hydroxyl groups excluding tert-OH is 1. The van der Waals surface area contributed by atoms with Gasteiger partial charge in [0.2, 0.25) is 11.5 Å². The molecule has 1 aliphatic rings. The lowest BCUT2D eigenvalue weighted by Crippen LogP contribution is -2.08. The monoisotopic (exact) mass is 362 g/mol. The zero-order valence-corrected chi connectivity index (χ0v) is 15.2. The summed E-state index contributed by atoms with van der Waals surface area (Å²) in [5.41, 5.74) is 3.11. The van der Waals surface area contributed by atoms with E-state index in [2.05, 4.69) is 0 Å². The zero-order chi connectivity index (χ0) is 19.1. The highest BCUT2D eigenvalue weighted by Gasteiger charge is 2.23. The number of ether oxygens (including phenoxy) is 3. The molecule has 0 aromatic heterocycles. The highest BCUT2D eigenvalue weighted by molar-refractivity contribution is 6.23. The molecule has 1 aliphatic carbocycles. The summed E-state index contributed by atoms with van der Waals surface area (Å²) in [6.45, 7) is 0. The third-order valence-electron chi connectivity index (χ3n) is 4.82. The van der Waals surface area contributed by atoms with Gasteiger partial charge in [-0.25, -0.2) is 0 Å². The summed E-state index contributed by atoms with van der Waals surface area (Å²) in [7, 11) is 4.71. The largest absolute Gasteiger partial charge is 0.504 e. The summed E-state index contributed by atoms with van der Waals surface area (Å²) >= 11 is 0. The molecule has 5 heteroatoms. The topological polar surface area (TPSA) is 65.0 Å². The van der Waals surface area contributed by atoms with Gasteiger partial charge < -0.3 is 19.3 Å². The van der Waals surface area contributed by atoms with Crippen LogP contribution in [0.15, 0.2) is 48.2 Å². The van der Waals surface area contributed by atoms with Crippen LogP contribution in [0.1, 0.15) is 15.9 Å². The molecule has 0 spiro atoms. The second kappa shape index (κ2) is 6.36. The number of methoxy groups -OCH3 is 3. The standard InChI is InChI=1S/C22H18O5/c1-25-18-10-13(11-19(26-2)22(18)27-3)14-8-7-12-9-17(23)21(24)16-6-4-5-15(14)20(12)16/h4-11,23H,1-3H3. The molecule has 0 aliphatic heterocycles. The predicted octanol–water partition coefficient (Wildman–Crippen LogP) is 4.63. The van der Waals surface area contributed by atoms with Gasteiger partial charge in [0, 0.05) is 10.9 Å². The number of hydrogen-bond donors (Lipinski definition) is 1. The number of hydrogen-bond acceptors (Lipinski definition) is 5. The molecule has 1 N–H and O–H groups in total. The highest BCUT2D eigenvalue weighted by Crippen LogP contribution is 2.44. The summed E-state index contributed by atoms with van der Waals surface area (Å²) in [5.74, 6) is 1.03. The average Bonchev–Trinajstić information content (AvgIpc) is 2.70. The van der Waals surface area contributed by atoms with Gasteiger partial charge in [-0.15, -0.1) is 0 Å². The van der Waals surface area contributed by atoms with E-state index in [1.165, 1.54) is 6.08 Å². The van der Waals surface area contributed by atoms with Crippen LogP contribution < -0.4 is 14.2 Å². The van der Waals surface area contributed by atoms with E-state index in [1.54, 1.807) is 27.4 Å². The van der Waals surface area contributed by atoms with E-state index < -0.39 is 0 Å². The number of carbonyl (C=O) groups is 1. The molecule has 3 aromatic carbocycles. The van der Waals surface area contributed by atoms with Crippen LogP contribution in [-0.2, 0) is 0 Å². The van der Waals surface area contributed by atoms with Crippen LogP contribution in [0.2, 0.25) is 0 Å². The van der Waals surface area contributed by atoms with E-state index >= 15 is 0 Å². The number of allylic oxidation sites excluding steroid dienone is 1. The third kappa shape index (κ3) is 2.51. The first-order chi connectivity index (χ1) is 13.1. The van der Waals surface area contributed by atoms with Crippen LogP contribution in [-0.4, -0.2) is 32.2 Å². The second-order valence-electron chi connectivity index (χ2n) is 6.20. The van der Waals surface area contributed by atoms with Crippen molar-refractivity contribution < 1.29 is 24.1 Å². The van der Waals surface area contributed by atoms with Crippen molar-refractivity contribution in [3.8, 4) is 28.4 Å². The minimum Gasteiger partial charge on any atom is -0.504 e. The van der Waals surface area contributed by atoms with E-state index in [-0.39, 0.29) is 11.5 Å². The van der Waals surface area contributed by atoms with Crippen molar-refractivity contribution >= 4 is 22.6 Å². The van der Waals surface area contributed by atoms with Gasteiger partial charge in [-0.05, 0) is 40.3 Å². The number of carbonyl (C=O) groups excluding carboxylic acids is 1. The molecule has 0 saturated heterocycles. The number of aliphatic hydroxyl groups is 1. The van der Waals surface area contributed by atoms with E-state index in [0.717, 1.165) is 27.5 Å². The number of rotatable bonds is 4. The minimum atomic E-state index is -0.366. The van der Waals surface area contributed by atoms with Crippen molar-refractivity contribution in [3.05, 3.63) is 59.4 Å². The maximum atomic E-state index is 12.4. The Morgan fingerprint density at radius 2 is 1.56 bits per heavy atom. The first-order valence-electron chi connectivity index (χ1n) is 8.40. The normalized spacial score (nSPS) is 12.7. The Labute approximate surface area is 156 Å². The molecule has 136 valence electrons. The molecule has 0 atom stereocenters. The highest BCUT2D eigenvalue weighted by atomic mass is 16.5. The van der Waals surface area contributed by atoms with E-state index in [0.29, 0.717) is 22.8 Å². The van der Waals surface area contributed by atoms with Crippen molar-refractivity contribution in [1.82, 2.24) is 0 Å². The van der Waals surface area contributed by atoms with Gasteiger partial charge in [-0.2, -0.15) is 0 Å². The number of benzene rings is 3. The van der Waals surface area contributed by atoms with E-state index in [4.69, 9.17) is 14.2 Å². The molecule has 0 saturated carbocycles. The van der Waals surface area contributed by atoms with Crippen LogP contribution >= 0.6 is 0 Å². The summed E-state index contributed by atoms with van der Waals surface area (Å²) in [5, 5.41) is 11.7. The summed E-state index contributed by atoms with van der Waals surface area (Å²) < 4.78 is 16.3. The van der Waals surface area contributed by atoms with E-state index in [9.17, 15) is 9.90 Å². The summed E-state index contributed by atoms with van der Waals surface area (Å²) in [6, 6.07) is 13.1. The van der Waals surface area contributed by atoms with Crippen LogP contribution in [0.3, 0.4) is 0 Å². The quantitative estimate of drug-likeness (QED) is 0.733. The zero-order valence-electron chi connectivity index (χ0n) is 15.2. The van der Waals surface area contributed by atoms with Crippen molar-refractivity contribution in [2.24, 2.45) is 0 Å². The van der Waals surface area contributed by atoms with Crippen molar-refractivity contribution in [3.63, 3.8) is 0 Å². The Morgan fingerprint density at radius 3 is 2.19 bits per heavy atom. The van der Waals surface area contributed by atoms with Gasteiger partial charge in [-0.1, -0.05) is 30.3 Å². The molecule has 4 rings (SSSR count). The maximum absolute atomic E-state index is 12.4.